The maximum Gasteiger partial charge on any atom is 0.0738 e. The minimum atomic E-state index is 0.00968. The molecule has 9 rings (SSSR count). The minimum absolute atomic E-state index is 0.00968. The molecule has 0 atom stereocenters. The van der Waals surface area contributed by atoms with Crippen LogP contribution in [0.1, 0.15) is 86.6 Å². The molecule has 0 fully saturated rings. The zero-order valence-electron chi connectivity index (χ0n) is 34.9. The lowest BCUT2D eigenvalue weighted by Gasteiger charge is -2.19. The lowest BCUT2D eigenvalue weighted by Crippen LogP contribution is -2.10. The summed E-state index contributed by atoms with van der Waals surface area (Å²) in [5.74, 6) is 5.55. The van der Waals surface area contributed by atoms with Crippen LogP contribution in [0.2, 0.25) is 0 Å². The van der Waals surface area contributed by atoms with E-state index in [9.17, 15) is 0 Å². The summed E-state index contributed by atoms with van der Waals surface area (Å²) in [6.07, 6.45) is 20.1. The fraction of sp³-hybridized carbons (Fsp3) is 0.143. The second-order valence-corrected chi connectivity index (χ2v) is 17.6. The van der Waals surface area contributed by atoms with Crippen molar-refractivity contribution in [2.75, 3.05) is 0 Å². The van der Waals surface area contributed by atoms with E-state index in [0.717, 1.165) is 100 Å². The largest absolute Gasteiger partial charge is 0.354 e. The van der Waals surface area contributed by atoms with Crippen LogP contribution in [-0.4, -0.2) is 19.9 Å². The zero-order valence-corrected chi connectivity index (χ0v) is 34.9. The molecule has 2 aliphatic heterocycles. The molecule has 8 bridgehead atoms. The summed E-state index contributed by atoms with van der Waals surface area (Å²) in [7, 11) is 0. The van der Waals surface area contributed by atoms with Gasteiger partial charge in [-0.15, -0.1) is 12.8 Å². The molecule has 5 heterocycles. The van der Waals surface area contributed by atoms with Crippen LogP contribution in [0.5, 0.6) is 0 Å². The van der Waals surface area contributed by atoms with E-state index in [1.807, 2.05) is 24.3 Å². The Morgan fingerprint density at radius 2 is 0.650 bits per heavy atom. The summed E-state index contributed by atoms with van der Waals surface area (Å²) in [4.78, 5) is 18.6. The summed E-state index contributed by atoms with van der Waals surface area (Å²) in [5.41, 5.74) is 19.5. The SMILES string of the molecule is C#Cc1ccc(-c2c3nc(c(-c4ccc(C(C)(C)C)cc4)c4nc(c(-c5ccc(C#C)cc5)c5ccc([nH]5)c(-c5ccc(C(C)(C)C)cc5)c5ccc2[nH]5)C=C4)C=C3)cc1. The predicted octanol–water partition coefficient (Wildman–Crippen LogP) is 13.9. The van der Waals surface area contributed by atoms with E-state index in [1.54, 1.807) is 0 Å². The van der Waals surface area contributed by atoms with E-state index in [4.69, 9.17) is 22.8 Å². The highest BCUT2D eigenvalue weighted by atomic mass is 14.8. The monoisotopic (exact) mass is 774 g/mol. The first-order valence-electron chi connectivity index (χ1n) is 20.4. The van der Waals surface area contributed by atoms with Crippen molar-refractivity contribution < 1.29 is 0 Å². The van der Waals surface area contributed by atoms with E-state index in [-0.39, 0.29) is 10.8 Å². The second kappa shape index (κ2) is 14.8. The van der Waals surface area contributed by atoms with E-state index >= 15 is 0 Å². The van der Waals surface area contributed by atoms with Gasteiger partial charge in [0.1, 0.15) is 0 Å². The maximum absolute atomic E-state index is 5.81. The second-order valence-electron chi connectivity index (χ2n) is 17.6. The molecule has 0 unspecified atom stereocenters. The van der Waals surface area contributed by atoms with Crippen LogP contribution >= 0.6 is 0 Å². The quantitative estimate of drug-likeness (QED) is 0.175. The number of hydrogen-bond acceptors (Lipinski definition) is 2. The van der Waals surface area contributed by atoms with Gasteiger partial charge in [-0.3, -0.25) is 0 Å². The van der Waals surface area contributed by atoms with Crippen LogP contribution in [0, 0.1) is 24.7 Å². The standard InChI is InChI=1S/C56H46N4/c1-9-35-11-15-37(16-12-35)51-43-27-31-47(57-43)53(39-19-23-41(24-20-39)55(3,4)5)49-33-29-45(59-49)52(38-17-13-36(10-2)14-18-38)46-30-34-50(60-46)54(48-32-28-44(51)58-48)40-21-25-42(26-22-40)56(6,7)8/h1-2,11-34,57,59H,3-8H3. The van der Waals surface area contributed by atoms with Gasteiger partial charge in [-0.1, -0.05) is 126 Å². The van der Waals surface area contributed by atoms with Crippen LogP contribution in [0.25, 0.3) is 90.9 Å². The molecule has 4 heteroatoms. The summed E-state index contributed by atoms with van der Waals surface area (Å²) in [6.45, 7) is 13.4. The van der Waals surface area contributed by atoms with Crippen molar-refractivity contribution in [3.05, 3.63) is 166 Å². The first-order chi connectivity index (χ1) is 28.9. The number of terminal acetylenes is 2. The van der Waals surface area contributed by atoms with Gasteiger partial charge in [0.05, 0.1) is 22.8 Å². The smallest absolute Gasteiger partial charge is 0.0738 e. The number of nitrogens with zero attached hydrogens (tertiary/aromatic N) is 2. The van der Waals surface area contributed by atoms with Crippen molar-refractivity contribution in [1.29, 1.82) is 0 Å². The van der Waals surface area contributed by atoms with E-state index in [2.05, 4.69) is 185 Å². The van der Waals surface area contributed by atoms with Gasteiger partial charge in [0.25, 0.3) is 0 Å². The zero-order chi connectivity index (χ0) is 41.8. The average Bonchev–Trinajstić information content (AvgIpc) is 4.09. The Bertz CT molecular complexity index is 2960. The molecule has 0 amide bonds. The lowest BCUT2D eigenvalue weighted by molar-refractivity contribution is 0.590. The Balaban J connectivity index is 1.43. The molecule has 0 saturated heterocycles. The molecule has 0 spiro atoms. The van der Waals surface area contributed by atoms with Crippen molar-refractivity contribution in [3.8, 4) is 69.2 Å². The van der Waals surface area contributed by atoms with Crippen molar-refractivity contribution in [3.63, 3.8) is 0 Å². The van der Waals surface area contributed by atoms with Gasteiger partial charge in [0, 0.05) is 55.4 Å². The molecule has 4 nitrogen and oxygen atoms in total. The molecule has 0 aliphatic carbocycles. The van der Waals surface area contributed by atoms with Crippen molar-refractivity contribution in [2.24, 2.45) is 0 Å². The van der Waals surface area contributed by atoms with Gasteiger partial charge in [-0.2, -0.15) is 0 Å². The van der Waals surface area contributed by atoms with E-state index < -0.39 is 0 Å². The topological polar surface area (TPSA) is 57.4 Å². The lowest BCUT2D eigenvalue weighted by atomic mass is 9.86. The number of rotatable bonds is 4. The molecular weight excluding hydrogens is 729 g/mol. The number of nitrogens with one attached hydrogen (secondary N) is 2. The highest BCUT2D eigenvalue weighted by Gasteiger charge is 2.21. The maximum atomic E-state index is 5.81. The third kappa shape index (κ3) is 7.08. The number of aromatic nitrogens is 4. The van der Waals surface area contributed by atoms with Crippen molar-refractivity contribution >= 4 is 46.4 Å². The molecule has 2 N–H and O–H groups in total. The third-order valence-electron chi connectivity index (χ3n) is 11.5. The summed E-state index contributed by atoms with van der Waals surface area (Å²) < 4.78 is 0. The predicted molar refractivity (Wildman–Crippen MR) is 254 cm³/mol. The van der Waals surface area contributed by atoms with E-state index in [0.29, 0.717) is 0 Å². The van der Waals surface area contributed by atoms with Gasteiger partial charge < -0.3 is 9.97 Å². The highest BCUT2D eigenvalue weighted by Crippen LogP contribution is 2.39. The number of hydrogen-bond donors (Lipinski definition) is 2. The first kappa shape index (κ1) is 38.1. The average molecular weight is 775 g/mol. The van der Waals surface area contributed by atoms with Gasteiger partial charge in [0.15, 0.2) is 0 Å². The van der Waals surface area contributed by atoms with Gasteiger partial charge in [-0.25, -0.2) is 9.97 Å². The first-order valence-corrected chi connectivity index (χ1v) is 20.4. The fourth-order valence-electron chi connectivity index (χ4n) is 8.16. The Kier molecular flexibility index (Phi) is 9.38. The Morgan fingerprint density at radius 3 is 0.983 bits per heavy atom. The van der Waals surface area contributed by atoms with Gasteiger partial charge >= 0.3 is 0 Å². The van der Waals surface area contributed by atoms with Gasteiger partial charge in [0.2, 0.25) is 0 Å². The Hall–Kier alpha value is -7.40. The molecule has 60 heavy (non-hydrogen) atoms. The molecule has 7 aromatic rings. The van der Waals surface area contributed by atoms with E-state index in [1.165, 1.54) is 11.1 Å². The molecule has 4 aromatic carbocycles. The summed E-state index contributed by atoms with van der Waals surface area (Å²) in [6, 6.07) is 42.7. The van der Waals surface area contributed by atoms with Crippen LogP contribution in [0.15, 0.2) is 121 Å². The van der Waals surface area contributed by atoms with Crippen LogP contribution in [0.3, 0.4) is 0 Å². The third-order valence-corrected chi connectivity index (χ3v) is 11.5. The molecule has 2 aliphatic rings. The summed E-state index contributed by atoms with van der Waals surface area (Å²) in [5, 5.41) is 0. The molecular formula is C56H46N4. The highest BCUT2D eigenvalue weighted by molar-refractivity contribution is 6.00. The normalized spacial score (nSPS) is 12.3. The van der Waals surface area contributed by atoms with Crippen LogP contribution in [-0.2, 0) is 10.8 Å². The molecule has 3 aromatic heterocycles. The minimum Gasteiger partial charge on any atom is -0.354 e. The Morgan fingerprint density at radius 1 is 0.367 bits per heavy atom. The molecule has 0 saturated carbocycles. The summed E-state index contributed by atoms with van der Waals surface area (Å²) >= 11 is 0. The number of benzene rings is 4. The Labute approximate surface area is 352 Å². The van der Waals surface area contributed by atoms with Gasteiger partial charge in [-0.05, 0) is 117 Å². The number of H-pyrrole nitrogens is 2. The number of fused-ring (bicyclic) bond motifs is 8. The van der Waals surface area contributed by atoms with Crippen LogP contribution < -0.4 is 0 Å². The fourth-order valence-corrected chi connectivity index (χ4v) is 8.16. The van der Waals surface area contributed by atoms with Crippen molar-refractivity contribution in [1.82, 2.24) is 19.9 Å². The van der Waals surface area contributed by atoms with Crippen molar-refractivity contribution in [2.45, 2.75) is 52.4 Å². The molecule has 0 radical (unpaired) electrons. The molecule has 290 valence electrons. The van der Waals surface area contributed by atoms with Crippen LogP contribution in [0.4, 0.5) is 0 Å². The number of aromatic amines is 2.